The molecule has 1 N–H and O–H groups in total. The average molecular weight is 514 g/mol. The van der Waals surface area contributed by atoms with E-state index in [0.717, 1.165) is 40.0 Å². The summed E-state index contributed by atoms with van der Waals surface area (Å²) in [4.78, 5) is 33.3. The van der Waals surface area contributed by atoms with Gasteiger partial charge in [0.1, 0.15) is 17.2 Å². The molecule has 0 aliphatic carbocycles. The summed E-state index contributed by atoms with van der Waals surface area (Å²) in [6.45, 7) is 7.05. The maximum Gasteiger partial charge on any atom is 0.338 e. The highest BCUT2D eigenvalue weighted by Gasteiger charge is 2.14. The van der Waals surface area contributed by atoms with E-state index in [1.54, 1.807) is 31.4 Å². The van der Waals surface area contributed by atoms with Gasteiger partial charge in [-0.1, -0.05) is 13.8 Å². The van der Waals surface area contributed by atoms with Gasteiger partial charge in [0.2, 0.25) is 0 Å². The number of thiophene rings is 1. The summed E-state index contributed by atoms with van der Waals surface area (Å²) >= 11 is 1.34. The van der Waals surface area contributed by atoms with Gasteiger partial charge in [-0.15, -0.1) is 23.7 Å². The van der Waals surface area contributed by atoms with Crippen LogP contribution < -0.4 is 10.1 Å². The Labute approximate surface area is 214 Å². The Hall–Kier alpha value is -3.20. The Kier molecular flexibility index (Phi) is 9.03. The number of ether oxygens (including phenoxy) is 2. The van der Waals surface area contributed by atoms with Gasteiger partial charge in [-0.3, -0.25) is 4.79 Å². The fourth-order valence-corrected chi connectivity index (χ4v) is 4.54. The number of benzene rings is 2. The number of amides is 1. The third-order valence-electron chi connectivity index (χ3n) is 5.65. The molecule has 0 saturated carbocycles. The maximum atomic E-state index is 12.8. The van der Waals surface area contributed by atoms with Crippen molar-refractivity contribution in [2.45, 2.75) is 13.8 Å². The van der Waals surface area contributed by atoms with Crippen LogP contribution in [0.5, 0.6) is 5.75 Å². The fraction of sp³-hybridized carbons (Fsp3) is 0.269. The van der Waals surface area contributed by atoms with Crippen molar-refractivity contribution >= 4 is 62.4 Å². The Bertz CT molecular complexity index is 1320. The Morgan fingerprint density at radius 2 is 1.74 bits per heavy atom. The highest BCUT2D eigenvalue weighted by atomic mass is 35.5. The average Bonchev–Trinajstić information content (AvgIpc) is 3.28. The van der Waals surface area contributed by atoms with Gasteiger partial charge in [-0.2, -0.15) is 0 Å². The molecule has 0 saturated heterocycles. The fourth-order valence-electron chi connectivity index (χ4n) is 3.63. The van der Waals surface area contributed by atoms with E-state index >= 15 is 0 Å². The predicted molar refractivity (Wildman–Crippen MR) is 143 cm³/mol. The minimum absolute atomic E-state index is 0. The number of aromatic nitrogens is 1. The van der Waals surface area contributed by atoms with E-state index in [1.165, 1.54) is 11.3 Å². The molecule has 0 unspecified atom stereocenters. The third kappa shape index (κ3) is 6.28. The zero-order chi connectivity index (χ0) is 24.1. The Balaban J connectivity index is 0.00000342. The quantitative estimate of drug-likeness (QED) is 0.292. The van der Waals surface area contributed by atoms with E-state index in [4.69, 9.17) is 9.47 Å². The lowest BCUT2D eigenvalue weighted by Crippen LogP contribution is -2.27. The van der Waals surface area contributed by atoms with Crippen LogP contribution in [0, 0.1) is 0 Å². The number of hydrogen-bond donors (Lipinski definition) is 1. The summed E-state index contributed by atoms with van der Waals surface area (Å²) in [5.41, 5.74) is 1.90. The molecular formula is C26H28ClN3O4S. The van der Waals surface area contributed by atoms with Gasteiger partial charge < -0.3 is 19.7 Å². The number of fused-ring (bicyclic) bond motifs is 2. The molecule has 0 fully saturated rings. The van der Waals surface area contributed by atoms with Gasteiger partial charge in [0.25, 0.3) is 5.91 Å². The molecule has 1 amide bonds. The van der Waals surface area contributed by atoms with Crippen molar-refractivity contribution in [2.75, 3.05) is 38.7 Å². The van der Waals surface area contributed by atoms with Crippen molar-refractivity contribution in [3.05, 3.63) is 65.0 Å². The number of hydrogen-bond acceptors (Lipinski definition) is 7. The minimum atomic E-state index is -0.371. The number of pyridine rings is 1. The van der Waals surface area contributed by atoms with Gasteiger partial charge in [0.05, 0.1) is 23.1 Å². The van der Waals surface area contributed by atoms with Crippen LogP contribution in [0.25, 0.3) is 21.1 Å². The highest BCUT2D eigenvalue weighted by Crippen LogP contribution is 2.29. The second kappa shape index (κ2) is 12.0. The van der Waals surface area contributed by atoms with Gasteiger partial charge in [-0.05, 0) is 67.7 Å². The lowest BCUT2D eigenvalue weighted by Gasteiger charge is -2.17. The first kappa shape index (κ1) is 26.4. The molecule has 35 heavy (non-hydrogen) atoms. The SMILES string of the molecule is CCN(CC)CCOC(=O)c1ccc(NC(=O)c2cc3cc4cc(OC)ccc4nc3s2)cc1.Cl. The van der Waals surface area contributed by atoms with Crippen molar-refractivity contribution in [1.29, 1.82) is 0 Å². The number of nitrogens with one attached hydrogen (secondary N) is 1. The second-order valence-electron chi connectivity index (χ2n) is 7.75. The van der Waals surface area contributed by atoms with Crippen LogP contribution in [0.2, 0.25) is 0 Å². The second-order valence-corrected chi connectivity index (χ2v) is 8.78. The number of anilines is 1. The number of methoxy groups -OCH3 is 1. The summed E-state index contributed by atoms with van der Waals surface area (Å²) in [5.74, 6) is 0.168. The van der Waals surface area contributed by atoms with Gasteiger partial charge in [0.15, 0.2) is 0 Å². The number of likely N-dealkylation sites (N-methyl/N-ethyl adjacent to an activating group) is 1. The number of rotatable bonds is 9. The summed E-state index contributed by atoms with van der Waals surface area (Å²) in [5, 5.41) is 4.74. The van der Waals surface area contributed by atoms with Crippen molar-refractivity contribution in [2.24, 2.45) is 0 Å². The number of carbonyl (C=O) groups is 2. The summed E-state index contributed by atoms with van der Waals surface area (Å²) < 4.78 is 10.6. The highest BCUT2D eigenvalue weighted by molar-refractivity contribution is 7.20. The first-order valence-electron chi connectivity index (χ1n) is 11.2. The molecule has 9 heteroatoms. The minimum Gasteiger partial charge on any atom is -0.497 e. The smallest absolute Gasteiger partial charge is 0.338 e. The summed E-state index contributed by atoms with van der Waals surface area (Å²) in [7, 11) is 1.63. The summed E-state index contributed by atoms with van der Waals surface area (Å²) in [6, 6.07) is 16.3. The van der Waals surface area contributed by atoms with E-state index in [-0.39, 0.29) is 24.3 Å². The van der Waals surface area contributed by atoms with Crippen LogP contribution in [-0.4, -0.2) is 55.1 Å². The van der Waals surface area contributed by atoms with E-state index < -0.39 is 0 Å². The van der Waals surface area contributed by atoms with Crippen LogP contribution in [0.3, 0.4) is 0 Å². The van der Waals surface area contributed by atoms with E-state index in [1.807, 2.05) is 30.3 Å². The molecule has 0 aliphatic rings. The van der Waals surface area contributed by atoms with Gasteiger partial charge in [0, 0.05) is 23.0 Å². The standard InChI is InChI=1S/C26H27N3O4S.ClH/c1-4-29(5-2)12-13-33-26(31)17-6-8-20(9-7-17)27-24(30)23-16-19-14-18-15-21(32-3)10-11-22(18)28-25(19)34-23;/h6-11,14-16H,4-5,12-13H2,1-3H3,(H,27,30);1H. The van der Waals surface area contributed by atoms with E-state index in [0.29, 0.717) is 29.3 Å². The van der Waals surface area contributed by atoms with Gasteiger partial charge >= 0.3 is 5.97 Å². The van der Waals surface area contributed by atoms with E-state index in [2.05, 4.69) is 29.0 Å². The molecule has 2 aromatic heterocycles. The van der Waals surface area contributed by atoms with Crippen molar-refractivity contribution in [3.8, 4) is 5.75 Å². The summed E-state index contributed by atoms with van der Waals surface area (Å²) in [6.07, 6.45) is 0. The Morgan fingerprint density at radius 1 is 1.00 bits per heavy atom. The zero-order valence-corrected chi connectivity index (χ0v) is 21.5. The molecule has 4 rings (SSSR count). The molecule has 0 atom stereocenters. The zero-order valence-electron chi connectivity index (χ0n) is 19.9. The van der Waals surface area contributed by atoms with Crippen molar-refractivity contribution in [1.82, 2.24) is 9.88 Å². The normalized spacial score (nSPS) is 10.9. The monoisotopic (exact) mass is 513 g/mol. The molecule has 4 aromatic rings. The topological polar surface area (TPSA) is 80.8 Å². The number of halogens is 1. The Morgan fingerprint density at radius 3 is 2.43 bits per heavy atom. The lowest BCUT2D eigenvalue weighted by atomic mass is 10.2. The molecule has 0 aliphatic heterocycles. The molecular weight excluding hydrogens is 486 g/mol. The molecule has 7 nitrogen and oxygen atoms in total. The number of esters is 1. The molecule has 0 radical (unpaired) electrons. The number of nitrogens with zero attached hydrogens (tertiary/aromatic N) is 2. The largest absolute Gasteiger partial charge is 0.497 e. The van der Waals surface area contributed by atoms with Crippen molar-refractivity contribution in [3.63, 3.8) is 0 Å². The maximum absolute atomic E-state index is 12.8. The predicted octanol–water partition coefficient (Wildman–Crippen LogP) is 5.63. The van der Waals surface area contributed by atoms with Crippen molar-refractivity contribution < 1.29 is 19.1 Å². The van der Waals surface area contributed by atoms with Crippen LogP contribution >= 0.6 is 23.7 Å². The molecule has 2 aromatic carbocycles. The number of carbonyl (C=O) groups excluding carboxylic acids is 2. The molecule has 0 bridgehead atoms. The molecule has 2 heterocycles. The van der Waals surface area contributed by atoms with Crippen LogP contribution in [0.15, 0.2) is 54.6 Å². The lowest BCUT2D eigenvalue weighted by molar-refractivity contribution is 0.0466. The third-order valence-corrected chi connectivity index (χ3v) is 6.69. The first-order chi connectivity index (χ1) is 16.5. The molecule has 184 valence electrons. The molecule has 0 spiro atoms. The van der Waals surface area contributed by atoms with E-state index in [9.17, 15) is 9.59 Å². The van der Waals surface area contributed by atoms with Gasteiger partial charge in [-0.25, -0.2) is 9.78 Å². The first-order valence-corrected chi connectivity index (χ1v) is 12.0. The van der Waals surface area contributed by atoms with Crippen LogP contribution in [0.4, 0.5) is 5.69 Å². The van der Waals surface area contributed by atoms with Crippen LogP contribution in [0.1, 0.15) is 33.9 Å². The van der Waals surface area contributed by atoms with Crippen LogP contribution in [-0.2, 0) is 4.74 Å².